The molecule has 0 bridgehead atoms. The van der Waals surface area contributed by atoms with E-state index in [0.717, 1.165) is 61.7 Å². The summed E-state index contributed by atoms with van der Waals surface area (Å²) < 4.78 is 0. The molecule has 1 saturated carbocycles. The summed E-state index contributed by atoms with van der Waals surface area (Å²) in [6.45, 7) is 6.15. The Bertz CT molecular complexity index is 1110. The van der Waals surface area contributed by atoms with E-state index in [4.69, 9.17) is 11.6 Å². The quantitative estimate of drug-likeness (QED) is 0.270. The van der Waals surface area contributed by atoms with Crippen LogP contribution in [0.1, 0.15) is 51.5 Å². The smallest absolute Gasteiger partial charge is 0.236 e. The fourth-order valence-electron chi connectivity index (χ4n) is 4.25. The Kier molecular flexibility index (Phi) is 8.23. The zero-order valence-corrected chi connectivity index (χ0v) is 22.1. The Balaban J connectivity index is 1.28. The van der Waals surface area contributed by atoms with E-state index in [-0.39, 0.29) is 5.91 Å². The van der Waals surface area contributed by atoms with E-state index in [1.807, 2.05) is 31.3 Å². The van der Waals surface area contributed by atoms with E-state index in [1.54, 1.807) is 0 Å². The number of hydrogen-bond donors (Lipinski definition) is 2. The average molecular weight is 513 g/mol. The number of carbonyl (C=O) groups excluding carboxylic acids is 1. The van der Waals surface area contributed by atoms with Crippen LogP contribution in [0.4, 0.5) is 10.3 Å². The molecule has 2 fully saturated rings. The number of likely N-dealkylation sites (tertiary alicyclic amines) is 1. The lowest BCUT2D eigenvalue weighted by atomic mass is 9.95. The topological polar surface area (TPSA) is 82.5 Å². The first-order valence-electron chi connectivity index (χ1n) is 12.2. The first kappa shape index (κ1) is 25.4. The Hall–Kier alpha value is -2.71. The van der Waals surface area contributed by atoms with Gasteiger partial charge in [-0.2, -0.15) is 0 Å². The number of piperidine rings is 1. The van der Waals surface area contributed by atoms with Crippen LogP contribution in [0.5, 0.6) is 0 Å². The molecule has 2 heterocycles. The third-order valence-electron chi connectivity index (χ3n) is 6.79. The number of allylic oxidation sites excluding steroid dienone is 3. The monoisotopic (exact) mass is 512 g/mol. The fourth-order valence-corrected chi connectivity index (χ4v) is 5.10. The highest BCUT2D eigenvalue weighted by Crippen LogP contribution is 2.49. The zero-order valence-electron chi connectivity index (χ0n) is 20.6. The number of nitrogens with zero attached hydrogens (tertiary/aromatic N) is 4. The fraction of sp³-hybridized carbons (Fsp3) is 0.462. The number of benzene rings is 1. The van der Waals surface area contributed by atoms with Crippen LogP contribution in [0, 0.1) is 0 Å². The van der Waals surface area contributed by atoms with Crippen molar-refractivity contribution in [1.29, 1.82) is 0 Å². The van der Waals surface area contributed by atoms with E-state index in [2.05, 4.69) is 62.8 Å². The van der Waals surface area contributed by atoms with Gasteiger partial charge < -0.3 is 10.2 Å². The maximum Gasteiger partial charge on any atom is 0.236 e. The molecule has 2 N–H and O–H groups in total. The molecule has 0 atom stereocenters. The predicted octanol–water partition coefficient (Wildman–Crippen LogP) is 5.68. The summed E-state index contributed by atoms with van der Waals surface area (Å²) in [5.41, 5.74) is 1.87. The molecular formula is C26H33ClN6OS. The van der Waals surface area contributed by atoms with Gasteiger partial charge in [-0.15, -0.1) is 10.2 Å². The van der Waals surface area contributed by atoms with Crippen molar-refractivity contribution in [2.45, 2.75) is 57.4 Å². The molecule has 35 heavy (non-hydrogen) atoms. The summed E-state index contributed by atoms with van der Waals surface area (Å²) in [4.78, 5) is 19.8. The molecule has 2 aliphatic rings. The summed E-state index contributed by atoms with van der Waals surface area (Å²) in [5.74, 6) is 0.985. The van der Waals surface area contributed by atoms with Crippen LogP contribution in [-0.4, -0.2) is 53.0 Å². The summed E-state index contributed by atoms with van der Waals surface area (Å²) >= 11 is 7.39. The molecule has 0 unspecified atom stereocenters. The van der Waals surface area contributed by atoms with Gasteiger partial charge in [-0.3, -0.25) is 15.1 Å². The lowest BCUT2D eigenvalue weighted by Gasteiger charge is -2.33. The van der Waals surface area contributed by atoms with Crippen molar-refractivity contribution in [3.05, 3.63) is 58.7 Å². The molecule has 9 heteroatoms. The molecule has 1 aliphatic heterocycles. The van der Waals surface area contributed by atoms with Gasteiger partial charge in [0.15, 0.2) is 0 Å². The highest BCUT2D eigenvalue weighted by molar-refractivity contribution is 7.19. The van der Waals surface area contributed by atoms with E-state index >= 15 is 0 Å². The van der Waals surface area contributed by atoms with E-state index in [0.29, 0.717) is 16.2 Å². The van der Waals surface area contributed by atoms with Crippen molar-refractivity contribution in [1.82, 2.24) is 15.1 Å². The highest BCUT2D eigenvalue weighted by Gasteiger charge is 2.51. The van der Waals surface area contributed by atoms with Gasteiger partial charge in [-0.05, 0) is 62.8 Å². The largest absolute Gasteiger partial charge is 0.357 e. The molecule has 4 rings (SSSR count). The minimum absolute atomic E-state index is 0.0285. The number of aromatic nitrogens is 2. The van der Waals surface area contributed by atoms with Crippen molar-refractivity contribution in [2.75, 3.05) is 30.8 Å². The maximum absolute atomic E-state index is 13.0. The molecule has 186 valence electrons. The molecule has 7 nitrogen and oxygen atoms in total. The Labute approximate surface area is 216 Å². The van der Waals surface area contributed by atoms with Gasteiger partial charge in [0.1, 0.15) is 5.84 Å². The second-order valence-electron chi connectivity index (χ2n) is 9.17. The molecule has 1 aromatic heterocycles. The number of nitrogens with one attached hydrogen (secondary N) is 2. The molecule has 0 radical (unpaired) electrons. The van der Waals surface area contributed by atoms with Gasteiger partial charge in [0.2, 0.25) is 16.2 Å². The number of aliphatic imine (C=N–C) groups is 1. The Morgan fingerprint density at radius 3 is 2.54 bits per heavy atom. The van der Waals surface area contributed by atoms with E-state index < -0.39 is 5.41 Å². The number of amides is 1. The molecule has 2 aromatic rings. The van der Waals surface area contributed by atoms with Crippen LogP contribution < -0.4 is 10.6 Å². The summed E-state index contributed by atoms with van der Waals surface area (Å²) in [6.07, 6.45) is 11.0. The summed E-state index contributed by atoms with van der Waals surface area (Å²) in [7, 11) is 1.84. The third kappa shape index (κ3) is 6.30. The van der Waals surface area contributed by atoms with Gasteiger partial charge in [-0.1, -0.05) is 59.7 Å². The minimum atomic E-state index is -0.477. The van der Waals surface area contributed by atoms with Crippen LogP contribution >= 0.6 is 22.9 Å². The summed E-state index contributed by atoms with van der Waals surface area (Å²) in [5, 5.41) is 16.8. The number of halogens is 1. The molecule has 1 saturated heterocycles. The molecular weight excluding hydrogens is 480 g/mol. The SMILES string of the molecule is CC/C(C)=C/C=C\C(=N/C)N1CCC(Nc2nnc(NC(=O)C3(c4ccc(Cl)cc4)CC3)s2)CC1. The third-order valence-corrected chi connectivity index (χ3v) is 7.81. The zero-order chi connectivity index (χ0) is 24.8. The average Bonchev–Trinajstić information content (AvgIpc) is 3.57. The van der Waals surface area contributed by atoms with Crippen LogP contribution in [0.2, 0.25) is 5.02 Å². The van der Waals surface area contributed by atoms with Crippen LogP contribution in [0.3, 0.4) is 0 Å². The predicted molar refractivity (Wildman–Crippen MR) is 146 cm³/mol. The van der Waals surface area contributed by atoms with E-state index in [9.17, 15) is 4.79 Å². The summed E-state index contributed by atoms with van der Waals surface area (Å²) in [6, 6.07) is 7.84. The van der Waals surface area contributed by atoms with Crippen molar-refractivity contribution in [3.63, 3.8) is 0 Å². The number of hydrogen-bond acceptors (Lipinski definition) is 6. The van der Waals surface area contributed by atoms with Gasteiger partial charge in [-0.25, -0.2) is 0 Å². The second-order valence-corrected chi connectivity index (χ2v) is 10.6. The van der Waals surface area contributed by atoms with Crippen LogP contribution in [0.15, 0.2) is 53.1 Å². The first-order chi connectivity index (χ1) is 16.9. The van der Waals surface area contributed by atoms with Gasteiger partial charge in [0.05, 0.1) is 5.41 Å². The standard InChI is InChI=1S/C26H33ClN6OS/c1-4-18(2)6-5-7-22(28-3)33-16-12-21(13-17-33)29-24-31-32-25(35-24)30-23(34)26(14-15-26)19-8-10-20(27)11-9-19/h5-11,21H,4,12-17H2,1-3H3,(H,29,31)(H,30,32,34)/b7-5-,18-6+,28-22+. The van der Waals surface area contributed by atoms with Gasteiger partial charge >= 0.3 is 0 Å². The van der Waals surface area contributed by atoms with Crippen molar-refractivity contribution < 1.29 is 4.79 Å². The number of anilines is 2. The normalized spacial score (nSPS) is 18.7. The van der Waals surface area contributed by atoms with E-state index in [1.165, 1.54) is 16.9 Å². The first-order valence-corrected chi connectivity index (χ1v) is 13.4. The van der Waals surface area contributed by atoms with Gasteiger partial charge in [0.25, 0.3) is 0 Å². The number of carbonyl (C=O) groups is 1. The van der Waals surface area contributed by atoms with Crippen molar-refractivity contribution in [3.8, 4) is 0 Å². The number of amidine groups is 1. The molecule has 1 aliphatic carbocycles. The lowest BCUT2D eigenvalue weighted by Crippen LogP contribution is -2.41. The lowest BCUT2D eigenvalue weighted by molar-refractivity contribution is -0.118. The molecule has 1 aromatic carbocycles. The second kappa shape index (κ2) is 11.4. The molecule has 0 spiro atoms. The van der Waals surface area contributed by atoms with Crippen molar-refractivity contribution in [2.24, 2.45) is 4.99 Å². The Morgan fingerprint density at radius 2 is 1.91 bits per heavy atom. The molecule has 1 amide bonds. The Morgan fingerprint density at radius 1 is 1.23 bits per heavy atom. The van der Waals surface area contributed by atoms with Crippen molar-refractivity contribution >= 4 is 44.9 Å². The van der Waals surface area contributed by atoms with Crippen LogP contribution in [-0.2, 0) is 10.2 Å². The van der Waals surface area contributed by atoms with Gasteiger partial charge in [0, 0.05) is 31.2 Å². The van der Waals surface area contributed by atoms with Crippen LogP contribution in [0.25, 0.3) is 0 Å². The minimum Gasteiger partial charge on any atom is -0.357 e. The highest BCUT2D eigenvalue weighted by atomic mass is 35.5. The maximum atomic E-state index is 13.0. The number of rotatable bonds is 8.